The summed E-state index contributed by atoms with van der Waals surface area (Å²) in [7, 11) is 2.04. The molecule has 20 heavy (non-hydrogen) atoms. The number of aromatic nitrogens is 2. The van der Waals surface area contributed by atoms with Gasteiger partial charge < -0.3 is 20.3 Å². The van der Waals surface area contributed by atoms with Gasteiger partial charge in [-0.1, -0.05) is 0 Å². The number of hydrogen-bond acceptors (Lipinski definition) is 6. The zero-order valence-corrected chi connectivity index (χ0v) is 11.9. The van der Waals surface area contributed by atoms with Crippen molar-refractivity contribution in [2.24, 2.45) is 0 Å². The van der Waals surface area contributed by atoms with Gasteiger partial charge in [-0.25, -0.2) is 4.98 Å². The van der Waals surface area contributed by atoms with Gasteiger partial charge in [0.1, 0.15) is 11.5 Å². The number of likely N-dealkylation sites (N-methyl/N-ethyl adjacent to an activating group) is 1. The summed E-state index contributed by atoms with van der Waals surface area (Å²) >= 11 is 0. The molecule has 2 heterocycles. The van der Waals surface area contributed by atoms with Crippen molar-refractivity contribution in [1.29, 1.82) is 0 Å². The van der Waals surface area contributed by atoms with Gasteiger partial charge in [-0.05, 0) is 14.0 Å². The van der Waals surface area contributed by atoms with Crippen molar-refractivity contribution in [1.82, 2.24) is 20.2 Å². The summed E-state index contributed by atoms with van der Waals surface area (Å²) in [4.78, 5) is 22.4. The van der Waals surface area contributed by atoms with Gasteiger partial charge in [0, 0.05) is 26.2 Å². The van der Waals surface area contributed by atoms with E-state index in [-0.39, 0.29) is 12.0 Å². The first kappa shape index (κ1) is 14.7. The van der Waals surface area contributed by atoms with Crippen molar-refractivity contribution < 1.29 is 9.53 Å². The van der Waals surface area contributed by atoms with Crippen molar-refractivity contribution in [3.8, 4) is 0 Å². The summed E-state index contributed by atoms with van der Waals surface area (Å²) in [6, 6.07) is 0. The summed E-state index contributed by atoms with van der Waals surface area (Å²) in [5.74, 6) is 0.378. The molecule has 0 spiro atoms. The minimum atomic E-state index is -0.228. The van der Waals surface area contributed by atoms with Gasteiger partial charge in [-0.3, -0.25) is 9.78 Å². The molecule has 0 aliphatic carbocycles. The minimum Gasteiger partial charge on any atom is -0.374 e. The maximum absolute atomic E-state index is 12.0. The number of hydrogen-bond donors (Lipinski definition) is 2. The number of carbonyl (C=O) groups is 1. The Kier molecular flexibility index (Phi) is 5.25. The standard InChI is InChI=1S/C13H21N5O2/c1-3-15-12-8-14-7-11(17-12)13(19)16-6-10-9-18(2)4-5-20-10/h7-8,10H,3-6,9H2,1-2H3,(H,15,17)(H,16,19). The van der Waals surface area contributed by atoms with E-state index in [0.717, 1.165) is 19.6 Å². The van der Waals surface area contributed by atoms with Crippen molar-refractivity contribution in [2.75, 3.05) is 45.2 Å². The highest BCUT2D eigenvalue weighted by atomic mass is 16.5. The fraction of sp³-hybridized carbons (Fsp3) is 0.615. The summed E-state index contributed by atoms with van der Waals surface area (Å²) in [5, 5.41) is 5.87. The van der Waals surface area contributed by atoms with Crippen LogP contribution in [0.4, 0.5) is 5.82 Å². The number of carbonyl (C=O) groups excluding carboxylic acids is 1. The van der Waals surface area contributed by atoms with E-state index in [2.05, 4.69) is 25.5 Å². The van der Waals surface area contributed by atoms with Gasteiger partial charge in [0.15, 0.2) is 0 Å². The van der Waals surface area contributed by atoms with Crippen molar-refractivity contribution >= 4 is 11.7 Å². The van der Waals surface area contributed by atoms with Gasteiger partial charge in [0.05, 0.1) is 25.1 Å². The Morgan fingerprint density at radius 3 is 3.15 bits per heavy atom. The van der Waals surface area contributed by atoms with E-state index in [9.17, 15) is 4.79 Å². The molecule has 0 radical (unpaired) electrons. The number of nitrogens with one attached hydrogen (secondary N) is 2. The predicted molar refractivity (Wildman–Crippen MR) is 75.8 cm³/mol. The molecule has 110 valence electrons. The number of amides is 1. The third-order valence-electron chi connectivity index (χ3n) is 3.06. The van der Waals surface area contributed by atoms with E-state index in [4.69, 9.17) is 4.74 Å². The zero-order valence-electron chi connectivity index (χ0n) is 11.9. The second-order valence-electron chi connectivity index (χ2n) is 4.78. The molecular formula is C13H21N5O2. The van der Waals surface area contributed by atoms with Gasteiger partial charge in [0.25, 0.3) is 5.91 Å². The lowest BCUT2D eigenvalue weighted by atomic mass is 10.2. The van der Waals surface area contributed by atoms with Crippen LogP contribution in [0.5, 0.6) is 0 Å². The maximum Gasteiger partial charge on any atom is 0.271 e. The molecule has 1 amide bonds. The zero-order chi connectivity index (χ0) is 14.4. The molecule has 1 aromatic heterocycles. The van der Waals surface area contributed by atoms with E-state index in [1.54, 1.807) is 6.20 Å². The molecule has 2 rings (SSSR count). The quantitative estimate of drug-likeness (QED) is 0.788. The van der Waals surface area contributed by atoms with E-state index < -0.39 is 0 Å². The van der Waals surface area contributed by atoms with Crippen molar-refractivity contribution in [3.63, 3.8) is 0 Å². The van der Waals surface area contributed by atoms with E-state index in [1.165, 1.54) is 6.20 Å². The Hall–Kier alpha value is -1.73. The van der Waals surface area contributed by atoms with Crippen molar-refractivity contribution in [2.45, 2.75) is 13.0 Å². The molecule has 1 atom stereocenters. The molecule has 0 bridgehead atoms. The average molecular weight is 279 g/mol. The van der Waals surface area contributed by atoms with Crippen LogP contribution in [0.2, 0.25) is 0 Å². The Bertz CT molecular complexity index is 454. The molecule has 2 N–H and O–H groups in total. The van der Waals surface area contributed by atoms with Crippen LogP contribution >= 0.6 is 0 Å². The van der Waals surface area contributed by atoms with Crippen LogP contribution in [0, 0.1) is 0 Å². The fourth-order valence-corrected chi connectivity index (χ4v) is 2.03. The molecule has 7 heteroatoms. The van der Waals surface area contributed by atoms with Crippen LogP contribution in [-0.4, -0.2) is 66.7 Å². The van der Waals surface area contributed by atoms with Crippen LogP contribution < -0.4 is 10.6 Å². The Morgan fingerprint density at radius 2 is 2.40 bits per heavy atom. The highest BCUT2D eigenvalue weighted by molar-refractivity contribution is 5.92. The van der Waals surface area contributed by atoms with Gasteiger partial charge >= 0.3 is 0 Å². The summed E-state index contributed by atoms with van der Waals surface area (Å²) in [6.45, 7) is 5.64. The van der Waals surface area contributed by atoms with E-state index in [0.29, 0.717) is 24.7 Å². The van der Waals surface area contributed by atoms with Crippen molar-refractivity contribution in [3.05, 3.63) is 18.1 Å². The molecule has 1 aromatic rings. The molecule has 1 aliphatic rings. The molecule has 7 nitrogen and oxygen atoms in total. The summed E-state index contributed by atoms with van der Waals surface area (Å²) < 4.78 is 5.59. The molecule has 1 fully saturated rings. The lowest BCUT2D eigenvalue weighted by Gasteiger charge is -2.30. The first-order chi connectivity index (χ1) is 9.69. The lowest BCUT2D eigenvalue weighted by molar-refractivity contribution is -0.0175. The number of morpholine rings is 1. The molecule has 1 saturated heterocycles. The minimum absolute atomic E-state index is 0.0302. The Balaban J connectivity index is 1.86. The highest BCUT2D eigenvalue weighted by Crippen LogP contribution is 2.04. The third kappa shape index (κ3) is 4.14. The number of ether oxygens (including phenoxy) is 1. The fourth-order valence-electron chi connectivity index (χ4n) is 2.03. The Labute approximate surface area is 118 Å². The SMILES string of the molecule is CCNc1cncc(C(=O)NCC2CN(C)CCO2)n1. The number of rotatable bonds is 5. The van der Waals surface area contributed by atoms with E-state index in [1.807, 2.05) is 14.0 Å². The number of nitrogens with zero attached hydrogens (tertiary/aromatic N) is 3. The maximum atomic E-state index is 12.0. The van der Waals surface area contributed by atoms with Gasteiger partial charge in [-0.2, -0.15) is 0 Å². The number of anilines is 1. The largest absolute Gasteiger partial charge is 0.374 e. The monoisotopic (exact) mass is 279 g/mol. The molecule has 0 aromatic carbocycles. The highest BCUT2D eigenvalue weighted by Gasteiger charge is 2.19. The normalized spacial score (nSPS) is 19.6. The second-order valence-corrected chi connectivity index (χ2v) is 4.78. The predicted octanol–water partition coefficient (Wildman–Crippen LogP) is -0.0312. The first-order valence-corrected chi connectivity index (χ1v) is 6.83. The molecule has 1 aliphatic heterocycles. The molecular weight excluding hydrogens is 258 g/mol. The van der Waals surface area contributed by atoms with Crippen LogP contribution in [0.25, 0.3) is 0 Å². The van der Waals surface area contributed by atoms with Crippen LogP contribution in [-0.2, 0) is 4.74 Å². The summed E-state index contributed by atoms with van der Waals surface area (Å²) in [5.41, 5.74) is 0.313. The van der Waals surface area contributed by atoms with E-state index >= 15 is 0 Å². The first-order valence-electron chi connectivity index (χ1n) is 6.83. The van der Waals surface area contributed by atoms with Crippen LogP contribution in [0.3, 0.4) is 0 Å². The lowest BCUT2D eigenvalue weighted by Crippen LogP contribution is -2.46. The van der Waals surface area contributed by atoms with Crippen LogP contribution in [0.15, 0.2) is 12.4 Å². The molecule has 1 unspecified atom stereocenters. The average Bonchev–Trinajstić information content (AvgIpc) is 2.45. The van der Waals surface area contributed by atoms with Gasteiger partial charge in [-0.15, -0.1) is 0 Å². The van der Waals surface area contributed by atoms with Gasteiger partial charge in [0.2, 0.25) is 0 Å². The topological polar surface area (TPSA) is 79.4 Å². The van der Waals surface area contributed by atoms with Crippen LogP contribution in [0.1, 0.15) is 17.4 Å². The Morgan fingerprint density at radius 1 is 1.55 bits per heavy atom. The third-order valence-corrected chi connectivity index (χ3v) is 3.06. The second kappa shape index (κ2) is 7.16. The molecule has 0 saturated carbocycles. The summed E-state index contributed by atoms with van der Waals surface area (Å²) in [6.07, 6.45) is 3.09. The smallest absolute Gasteiger partial charge is 0.271 e.